The van der Waals surface area contributed by atoms with Crippen LogP contribution in [0.3, 0.4) is 0 Å². The van der Waals surface area contributed by atoms with Crippen LogP contribution in [0.4, 0.5) is 5.69 Å². The number of hydrogen-bond donors (Lipinski definition) is 1. The lowest BCUT2D eigenvalue weighted by atomic mass is 10.0. The van der Waals surface area contributed by atoms with Crippen molar-refractivity contribution in [1.82, 2.24) is 0 Å². The lowest BCUT2D eigenvalue weighted by Gasteiger charge is -2.15. The maximum Gasteiger partial charge on any atom is 0.340 e. The Bertz CT molecular complexity index is 1100. The first-order valence-electron chi connectivity index (χ1n) is 9.84. The first-order chi connectivity index (χ1) is 14.5. The molecule has 1 aliphatic carbocycles. The molecular formula is C24H21NO5. The van der Waals surface area contributed by atoms with Crippen LogP contribution in [-0.4, -0.2) is 23.8 Å². The molecule has 1 aliphatic rings. The third-order valence-corrected chi connectivity index (χ3v) is 5.18. The number of Topliss-reactive ketones (excluding diaryl/α,β-unsaturated/α-hetero) is 1. The number of carbonyl (C=O) groups is 3. The number of aryl methyl sites for hydroxylation is 2. The number of nitrogens with one attached hydrogen (secondary N) is 1. The van der Waals surface area contributed by atoms with Gasteiger partial charge >= 0.3 is 5.97 Å². The number of furan rings is 1. The quantitative estimate of drug-likeness (QED) is 0.485. The van der Waals surface area contributed by atoms with E-state index in [-0.39, 0.29) is 22.8 Å². The van der Waals surface area contributed by atoms with Crippen LogP contribution in [0.5, 0.6) is 0 Å². The highest BCUT2D eigenvalue weighted by atomic mass is 16.5. The van der Waals surface area contributed by atoms with Crippen LogP contribution in [0.2, 0.25) is 0 Å². The molecule has 0 saturated heterocycles. The first kappa shape index (κ1) is 19.6. The molecule has 30 heavy (non-hydrogen) atoms. The summed E-state index contributed by atoms with van der Waals surface area (Å²) < 4.78 is 10.5. The van der Waals surface area contributed by atoms with Crippen LogP contribution in [0, 0.1) is 0 Å². The molecular weight excluding hydrogens is 382 g/mol. The zero-order chi connectivity index (χ0) is 21.1. The molecule has 0 saturated carbocycles. The van der Waals surface area contributed by atoms with E-state index in [0.717, 1.165) is 19.3 Å². The van der Waals surface area contributed by atoms with E-state index in [0.29, 0.717) is 5.56 Å². The minimum atomic E-state index is -0.953. The molecule has 6 heteroatoms. The molecule has 0 spiro atoms. The Morgan fingerprint density at radius 2 is 1.80 bits per heavy atom. The molecule has 0 aliphatic heterocycles. The van der Waals surface area contributed by atoms with E-state index in [4.69, 9.17) is 9.15 Å². The number of ether oxygens (including phenoxy) is 1. The molecule has 0 fully saturated rings. The van der Waals surface area contributed by atoms with Gasteiger partial charge in [-0.25, -0.2) is 4.79 Å². The Morgan fingerprint density at radius 1 is 1.00 bits per heavy atom. The number of fused-ring (bicyclic) bond motifs is 1. The molecule has 6 nitrogen and oxygen atoms in total. The Balaban J connectivity index is 1.47. The summed E-state index contributed by atoms with van der Waals surface area (Å²) in [5.41, 5.74) is 3.44. The highest BCUT2D eigenvalue weighted by Crippen LogP contribution is 2.24. The number of anilines is 1. The van der Waals surface area contributed by atoms with Gasteiger partial charge in [-0.2, -0.15) is 0 Å². The van der Waals surface area contributed by atoms with E-state index in [1.54, 1.807) is 37.3 Å². The van der Waals surface area contributed by atoms with Gasteiger partial charge in [0.05, 0.1) is 17.5 Å². The van der Waals surface area contributed by atoms with Crippen LogP contribution in [0.1, 0.15) is 55.7 Å². The SMILES string of the molecule is C[C@@H](OC(=O)c1ccccc1NC(=O)c1ccco1)C(=O)c1ccc2c(c1)CCC2. The Labute approximate surface area is 173 Å². The molecule has 2 aromatic carbocycles. The van der Waals surface area contributed by atoms with E-state index in [2.05, 4.69) is 5.32 Å². The fraction of sp³-hybridized carbons (Fsp3) is 0.208. The van der Waals surface area contributed by atoms with Crippen molar-refractivity contribution in [3.05, 3.63) is 88.9 Å². The van der Waals surface area contributed by atoms with Crippen molar-refractivity contribution in [2.45, 2.75) is 32.3 Å². The minimum absolute atomic E-state index is 0.123. The standard InChI is InChI=1S/C24H21NO5/c1-15(22(26)18-12-11-16-6-4-7-17(16)14-18)30-24(28)19-8-2-3-9-20(19)25-23(27)21-10-5-13-29-21/h2-3,5,8-15H,4,6-7H2,1H3,(H,25,27)/t15-/m1/s1. The second kappa shape index (κ2) is 8.37. The summed E-state index contributed by atoms with van der Waals surface area (Å²) >= 11 is 0. The smallest absolute Gasteiger partial charge is 0.340 e. The third kappa shape index (κ3) is 4.03. The molecule has 4 rings (SSSR count). The van der Waals surface area contributed by atoms with Gasteiger partial charge in [0.2, 0.25) is 5.78 Å². The Kier molecular flexibility index (Phi) is 5.48. The second-order valence-electron chi connectivity index (χ2n) is 7.23. The van der Waals surface area contributed by atoms with Crippen molar-refractivity contribution in [3.63, 3.8) is 0 Å². The van der Waals surface area contributed by atoms with Gasteiger partial charge in [-0.05, 0) is 67.6 Å². The van der Waals surface area contributed by atoms with Crippen LogP contribution in [0.25, 0.3) is 0 Å². The normalized spacial score (nSPS) is 13.4. The fourth-order valence-corrected chi connectivity index (χ4v) is 3.60. The van der Waals surface area contributed by atoms with Gasteiger partial charge in [-0.1, -0.05) is 24.3 Å². The zero-order valence-corrected chi connectivity index (χ0v) is 16.5. The summed E-state index contributed by atoms with van der Waals surface area (Å²) in [6, 6.07) is 15.2. The molecule has 1 amide bonds. The zero-order valence-electron chi connectivity index (χ0n) is 16.5. The van der Waals surface area contributed by atoms with E-state index in [9.17, 15) is 14.4 Å². The molecule has 1 atom stereocenters. The van der Waals surface area contributed by atoms with E-state index < -0.39 is 18.0 Å². The summed E-state index contributed by atoms with van der Waals surface area (Å²) in [6.45, 7) is 1.55. The minimum Gasteiger partial charge on any atom is -0.459 e. The predicted molar refractivity (Wildman–Crippen MR) is 111 cm³/mol. The summed E-state index contributed by atoms with van der Waals surface area (Å²) in [5, 5.41) is 2.64. The van der Waals surface area contributed by atoms with Crippen molar-refractivity contribution >= 4 is 23.3 Å². The Hall–Kier alpha value is -3.67. The summed E-state index contributed by atoms with van der Waals surface area (Å²) in [7, 11) is 0. The maximum atomic E-state index is 12.8. The fourth-order valence-electron chi connectivity index (χ4n) is 3.60. The number of para-hydroxylation sites is 1. The van der Waals surface area contributed by atoms with Crippen LogP contribution in [-0.2, 0) is 17.6 Å². The molecule has 0 radical (unpaired) electrons. The van der Waals surface area contributed by atoms with Gasteiger partial charge in [0.1, 0.15) is 0 Å². The van der Waals surface area contributed by atoms with Crippen molar-refractivity contribution in [2.75, 3.05) is 5.32 Å². The molecule has 1 heterocycles. The summed E-state index contributed by atoms with van der Waals surface area (Å²) in [5.74, 6) is -1.30. The lowest BCUT2D eigenvalue weighted by Crippen LogP contribution is -2.25. The monoisotopic (exact) mass is 403 g/mol. The molecule has 0 unspecified atom stereocenters. The average Bonchev–Trinajstić information content (AvgIpc) is 3.44. The Morgan fingerprint density at radius 3 is 2.60 bits per heavy atom. The van der Waals surface area contributed by atoms with Crippen molar-refractivity contribution in [2.24, 2.45) is 0 Å². The van der Waals surface area contributed by atoms with E-state index in [1.807, 2.05) is 12.1 Å². The molecule has 1 N–H and O–H groups in total. The number of rotatable bonds is 6. The van der Waals surface area contributed by atoms with Gasteiger partial charge < -0.3 is 14.5 Å². The molecule has 152 valence electrons. The molecule has 0 bridgehead atoms. The van der Waals surface area contributed by atoms with Gasteiger partial charge in [-0.3, -0.25) is 9.59 Å². The number of esters is 1. The van der Waals surface area contributed by atoms with Crippen molar-refractivity contribution in [1.29, 1.82) is 0 Å². The van der Waals surface area contributed by atoms with Crippen LogP contribution in [0.15, 0.2) is 65.3 Å². The van der Waals surface area contributed by atoms with Gasteiger partial charge in [0.15, 0.2) is 11.9 Å². The average molecular weight is 403 g/mol. The number of amides is 1. The number of carbonyl (C=O) groups excluding carboxylic acids is 3. The highest BCUT2D eigenvalue weighted by molar-refractivity contribution is 6.07. The van der Waals surface area contributed by atoms with E-state index in [1.165, 1.54) is 29.5 Å². The van der Waals surface area contributed by atoms with Crippen molar-refractivity contribution in [3.8, 4) is 0 Å². The largest absolute Gasteiger partial charge is 0.459 e. The molecule has 3 aromatic rings. The van der Waals surface area contributed by atoms with Gasteiger partial charge in [-0.15, -0.1) is 0 Å². The highest BCUT2D eigenvalue weighted by Gasteiger charge is 2.24. The van der Waals surface area contributed by atoms with Crippen LogP contribution >= 0.6 is 0 Å². The number of benzene rings is 2. The number of ketones is 1. The maximum absolute atomic E-state index is 12.8. The topological polar surface area (TPSA) is 85.6 Å². The number of hydrogen-bond acceptors (Lipinski definition) is 5. The summed E-state index contributed by atoms with van der Waals surface area (Å²) in [4.78, 5) is 37.7. The molecule has 1 aromatic heterocycles. The summed E-state index contributed by atoms with van der Waals surface area (Å²) in [6.07, 6.45) is 3.53. The predicted octanol–water partition coefficient (Wildman–Crippen LogP) is 4.45. The van der Waals surface area contributed by atoms with Gasteiger partial charge in [0, 0.05) is 5.56 Å². The lowest BCUT2D eigenvalue weighted by molar-refractivity contribution is 0.0320. The van der Waals surface area contributed by atoms with E-state index >= 15 is 0 Å². The first-order valence-corrected chi connectivity index (χ1v) is 9.84. The second-order valence-corrected chi connectivity index (χ2v) is 7.23. The van der Waals surface area contributed by atoms with Crippen LogP contribution < -0.4 is 5.32 Å². The van der Waals surface area contributed by atoms with Gasteiger partial charge in [0.25, 0.3) is 5.91 Å². The third-order valence-electron chi connectivity index (χ3n) is 5.18. The van der Waals surface area contributed by atoms with Crippen molar-refractivity contribution < 1.29 is 23.5 Å².